The minimum Gasteiger partial charge on any atom is -0.414 e. The summed E-state index contributed by atoms with van der Waals surface area (Å²) in [6.45, 7) is 19.9. The van der Waals surface area contributed by atoms with Crippen LogP contribution in [0.4, 0.5) is 0 Å². The molecule has 10 atom stereocenters. The zero-order chi connectivity index (χ0) is 30.5. The Bertz CT molecular complexity index is 1080. The van der Waals surface area contributed by atoms with Crippen LogP contribution in [0.3, 0.4) is 0 Å². The van der Waals surface area contributed by atoms with Crippen LogP contribution < -0.4 is 5.32 Å². The van der Waals surface area contributed by atoms with E-state index in [-0.39, 0.29) is 22.5 Å². The highest BCUT2D eigenvalue weighted by Gasteiger charge is 2.64. The highest BCUT2D eigenvalue weighted by Crippen LogP contribution is 2.68. The molecule has 0 saturated heterocycles. The average Bonchev–Trinajstić information content (AvgIpc) is 3.30. The standard InChI is InChI=1S/C37H61NO3Si/c1-25(14-19-34(40)38-24-26-12-10-9-11-13-26)30-17-18-31-29-16-15-27-22-28(41-42(7,8)35(2,3)4)20-21-36(27,5)32(29)23-33(39)37(30,31)6/h9-13,25,27-33,39H,14-24H2,1-8H3,(H,38,40)/t25-,27-,28-,29+,30-,31+,32+,33+,36+,37-/m1/s1. The van der Waals surface area contributed by atoms with Gasteiger partial charge in [-0.1, -0.05) is 71.9 Å². The summed E-state index contributed by atoms with van der Waals surface area (Å²) < 4.78 is 6.96. The Labute approximate surface area is 258 Å². The van der Waals surface area contributed by atoms with E-state index in [1.54, 1.807) is 0 Å². The van der Waals surface area contributed by atoms with Gasteiger partial charge in [-0.05, 0) is 128 Å². The molecule has 0 bridgehead atoms. The second kappa shape index (κ2) is 12.0. The van der Waals surface area contributed by atoms with Crippen LogP contribution in [-0.2, 0) is 15.8 Å². The SMILES string of the molecule is C[C@H](CCC(=O)NCc1ccccc1)[C@H]1CC[C@H]2[C@@H]3CC[C@@H]4C[C@H](O[Si](C)(C)C(C)(C)C)CC[C@]4(C)[C@H]3C[C@H](O)[C@]12C. The Morgan fingerprint density at radius 2 is 1.76 bits per heavy atom. The van der Waals surface area contributed by atoms with Crippen molar-refractivity contribution in [2.75, 3.05) is 0 Å². The summed E-state index contributed by atoms with van der Waals surface area (Å²) >= 11 is 0. The van der Waals surface area contributed by atoms with Gasteiger partial charge in [-0.2, -0.15) is 0 Å². The first kappa shape index (κ1) is 32.2. The number of aliphatic hydroxyl groups excluding tert-OH is 1. The Kier molecular flexibility index (Phi) is 9.18. The molecular weight excluding hydrogens is 534 g/mol. The third-order valence-corrected chi connectivity index (χ3v) is 18.4. The maximum Gasteiger partial charge on any atom is 0.220 e. The first-order chi connectivity index (χ1) is 19.7. The Balaban J connectivity index is 1.20. The predicted molar refractivity (Wildman–Crippen MR) is 175 cm³/mol. The Hall–Kier alpha value is -1.17. The van der Waals surface area contributed by atoms with Gasteiger partial charge in [-0.25, -0.2) is 0 Å². The van der Waals surface area contributed by atoms with Gasteiger partial charge in [0, 0.05) is 19.1 Å². The zero-order valence-electron chi connectivity index (χ0n) is 28.0. The molecule has 1 amide bonds. The van der Waals surface area contributed by atoms with E-state index in [9.17, 15) is 9.90 Å². The number of fused-ring (bicyclic) bond motifs is 5. The topological polar surface area (TPSA) is 58.6 Å². The molecule has 0 radical (unpaired) electrons. The zero-order valence-corrected chi connectivity index (χ0v) is 29.0. The number of hydrogen-bond acceptors (Lipinski definition) is 3. The van der Waals surface area contributed by atoms with Gasteiger partial charge in [0.25, 0.3) is 0 Å². The molecule has 5 rings (SSSR count). The fourth-order valence-corrected chi connectivity index (χ4v) is 11.7. The first-order valence-corrected chi connectivity index (χ1v) is 20.2. The van der Waals surface area contributed by atoms with Crippen molar-refractivity contribution in [1.82, 2.24) is 5.32 Å². The minimum atomic E-state index is -1.76. The lowest BCUT2D eigenvalue weighted by molar-refractivity contribution is -0.174. The molecule has 0 aliphatic heterocycles. The first-order valence-electron chi connectivity index (χ1n) is 17.3. The highest BCUT2D eigenvalue weighted by atomic mass is 28.4. The van der Waals surface area contributed by atoms with Crippen molar-refractivity contribution in [3.8, 4) is 0 Å². The number of aliphatic hydroxyl groups is 1. The lowest BCUT2D eigenvalue weighted by atomic mass is 9.43. The highest BCUT2D eigenvalue weighted by molar-refractivity contribution is 6.74. The summed E-state index contributed by atoms with van der Waals surface area (Å²) in [5.74, 6) is 3.81. The molecule has 42 heavy (non-hydrogen) atoms. The van der Waals surface area contributed by atoms with E-state index in [1.165, 1.54) is 44.9 Å². The number of amides is 1. The van der Waals surface area contributed by atoms with Gasteiger partial charge in [-0.3, -0.25) is 4.79 Å². The number of benzene rings is 1. The summed E-state index contributed by atoms with van der Waals surface area (Å²) in [5.41, 5.74) is 1.45. The third-order valence-electron chi connectivity index (χ3n) is 13.9. The molecule has 4 aliphatic carbocycles. The number of nitrogens with one attached hydrogen (secondary N) is 1. The monoisotopic (exact) mass is 595 g/mol. The van der Waals surface area contributed by atoms with Gasteiger partial charge in [0.1, 0.15) is 0 Å². The van der Waals surface area contributed by atoms with Gasteiger partial charge in [0.05, 0.1) is 6.10 Å². The summed E-state index contributed by atoms with van der Waals surface area (Å²) in [5, 5.41) is 15.4. The van der Waals surface area contributed by atoms with E-state index < -0.39 is 8.32 Å². The third kappa shape index (κ3) is 5.93. The molecule has 4 nitrogen and oxygen atoms in total. The molecule has 0 unspecified atom stereocenters. The van der Waals surface area contributed by atoms with Crippen LogP contribution >= 0.6 is 0 Å². The molecule has 4 saturated carbocycles. The summed E-state index contributed by atoms with van der Waals surface area (Å²) in [7, 11) is -1.76. The van der Waals surface area contributed by atoms with Crippen LogP contribution in [0.1, 0.15) is 111 Å². The summed E-state index contributed by atoms with van der Waals surface area (Å²) in [4.78, 5) is 12.7. The van der Waals surface area contributed by atoms with Gasteiger partial charge < -0.3 is 14.8 Å². The van der Waals surface area contributed by atoms with Crippen molar-refractivity contribution in [1.29, 1.82) is 0 Å². The van der Waals surface area contributed by atoms with Crippen molar-refractivity contribution in [2.24, 2.45) is 46.3 Å². The molecule has 5 heteroatoms. The summed E-state index contributed by atoms with van der Waals surface area (Å²) in [6, 6.07) is 10.2. The van der Waals surface area contributed by atoms with Crippen molar-refractivity contribution < 1.29 is 14.3 Å². The van der Waals surface area contributed by atoms with Gasteiger partial charge in [0.15, 0.2) is 8.32 Å². The average molecular weight is 596 g/mol. The van der Waals surface area contributed by atoms with Crippen LogP contribution in [0.15, 0.2) is 30.3 Å². The van der Waals surface area contributed by atoms with Crippen LogP contribution in [0.25, 0.3) is 0 Å². The number of carbonyl (C=O) groups is 1. The van der Waals surface area contributed by atoms with Crippen molar-refractivity contribution in [3.63, 3.8) is 0 Å². The molecule has 1 aromatic rings. The Morgan fingerprint density at radius 1 is 1.05 bits per heavy atom. The minimum absolute atomic E-state index is 0.0209. The smallest absolute Gasteiger partial charge is 0.220 e. The number of rotatable bonds is 8. The molecule has 4 aliphatic rings. The number of hydrogen-bond donors (Lipinski definition) is 2. The van der Waals surface area contributed by atoms with Gasteiger partial charge in [0.2, 0.25) is 5.91 Å². The molecule has 1 aromatic carbocycles. The lowest BCUT2D eigenvalue weighted by Crippen LogP contribution is -2.59. The molecular formula is C37H61NO3Si. The van der Waals surface area contributed by atoms with E-state index in [0.717, 1.165) is 30.2 Å². The Morgan fingerprint density at radius 3 is 2.45 bits per heavy atom. The van der Waals surface area contributed by atoms with E-state index >= 15 is 0 Å². The van der Waals surface area contributed by atoms with Crippen molar-refractivity contribution >= 4 is 14.2 Å². The summed E-state index contributed by atoms with van der Waals surface area (Å²) in [6.07, 6.45) is 11.4. The molecule has 0 spiro atoms. The van der Waals surface area contributed by atoms with Crippen LogP contribution in [-0.4, -0.2) is 31.5 Å². The predicted octanol–water partition coefficient (Wildman–Crippen LogP) is 8.74. The second-order valence-electron chi connectivity index (χ2n) is 17.0. The quantitative estimate of drug-likeness (QED) is 0.296. The fraction of sp³-hybridized carbons (Fsp3) is 0.811. The van der Waals surface area contributed by atoms with E-state index in [0.29, 0.717) is 48.2 Å². The maximum absolute atomic E-state index is 12.7. The molecule has 236 valence electrons. The van der Waals surface area contributed by atoms with Crippen molar-refractivity contribution in [2.45, 2.75) is 143 Å². The molecule has 4 fully saturated rings. The van der Waals surface area contributed by atoms with E-state index in [2.05, 4.69) is 72.1 Å². The van der Waals surface area contributed by atoms with Gasteiger partial charge >= 0.3 is 0 Å². The van der Waals surface area contributed by atoms with E-state index in [1.807, 2.05) is 18.2 Å². The van der Waals surface area contributed by atoms with Crippen LogP contribution in [0, 0.1) is 46.3 Å². The fourth-order valence-electron chi connectivity index (χ4n) is 10.3. The second-order valence-corrected chi connectivity index (χ2v) is 21.8. The largest absolute Gasteiger partial charge is 0.414 e. The van der Waals surface area contributed by atoms with E-state index in [4.69, 9.17) is 4.43 Å². The maximum atomic E-state index is 12.7. The van der Waals surface area contributed by atoms with Crippen LogP contribution in [0.2, 0.25) is 18.1 Å². The molecule has 2 N–H and O–H groups in total. The number of carbonyl (C=O) groups excluding carboxylic acids is 1. The van der Waals surface area contributed by atoms with Gasteiger partial charge in [-0.15, -0.1) is 0 Å². The lowest BCUT2D eigenvalue weighted by Gasteiger charge is -2.63. The molecule has 0 aromatic heterocycles. The van der Waals surface area contributed by atoms with Crippen LogP contribution in [0.5, 0.6) is 0 Å². The normalized spacial score (nSPS) is 39.1. The molecule has 0 heterocycles. The van der Waals surface area contributed by atoms with Crippen molar-refractivity contribution in [3.05, 3.63) is 35.9 Å².